The zero-order chi connectivity index (χ0) is 36.3. The second kappa shape index (κ2) is 14.4. The molecule has 0 saturated heterocycles. The van der Waals surface area contributed by atoms with Crippen molar-refractivity contribution in [3.8, 4) is 34.4 Å². The Bertz CT molecular complexity index is 2130. The summed E-state index contributed by atoms with van der Waals surface area (Å²) in [5, 5.41) is 19.0. The summed E-state index contributed by atoms with van der Waals surface area (Å²) in [6, 6.07) is 17.9. The van der Waals surface area contributed by atoms with Crippen molar-refractivity contribution in [1.29, 1.82) is 10.5 Å². The average molecular weight is 680 g/mol. The van der Waals surface area contributed by atoms with E-state index in [4.69, 9.17) is 0 Å². The quantitative estimate of drug-likeness (QED) is 0.0845. The summed E-state index contributed by atoms with van der Waals surface area (Å²) in [5.74, 6) is -8.90. The molecule has 5 rings (SSSR count). The minimum Gasteiger partial charge on any atom is -0.378 e. The monoisotopic (exact) mass is 679 g/mol. The smallest absolute Gasteiger partial charge is 0.194 e. The van der Waals surface area contributed by atoms with Gasteiger partial charge in [-0.3, -0.25) is 0 Å². The van der Waals surface area contributed by atoms with Crippen LogP contribution >= 0.6 is 0 Å². The summed E-state index contributed by atoms with van der Waals surface area (Å²) in [5.41, 5.74) is 3.90. The first-order valence-corrected chi connectivity index (χ1v) is 15.5. The second-order valence-electron chi connectivity index (χ2n) is 13.0. The average Bonchev–Trinajstić information content (AvgIpc) is 3.07. The van der Waals surface area contributed by atoms with Crippen LogP contribution in [0.25, 0.3) is 40.5 Å². The van der Waals surface area contributed by atoms with Gasteiger partial charge in [0.2, 0.25) is 0 Å². The molecule has 0 saturated carbocycles. The van der Waals surface area contributed by atoms with E-state index >= 15 is 0 Å². The number of halogens is 6. The van der Waals surface area contributed by atoms with Crippen LogP contribution in [0.2, 0.25) is 0 Å². The summed E-state index contributed by atoms with van der Waals surface area (Å²) >= 11 is 0. The number of nitriles is 2. The lowest BCUT2D eigenvalue weighted by Gasteiger charge is -2.30. The Morgan fingerprint density at radius 3 is 1.56 bits per heavy atom. The molecular weight excluding hydrogens is 648 g/mol. The zero-order valence-corrected chi connectivity index (χ0v) is 27.7. The number of nitrogens with zero attached hydrogens (tertiary/aromatic N) is 3. The van der Waals surface area contributed by atoms with Crippen LogP contribution in [0.5, 0.6) is 0 Å². The van der Waals surface area contributed by atoms with Crippen LogP contribution in [-0.4, -0.2) is 14.1 Å². The largest absolute Gasteiger partial charge is 0.378 e. The maximum Gasteiger partial charge on any atom is 0.194 e. The first kappa shape index (κ1) is 35.5. The third-order valence-corrected chi connectivity index (χ3v) is 8.41. The zero-order valence-electron chi connectivity index (χ0n) is 27.7. The van der Waals surface area contributed by atoms with Crippen molar-refractivity contribution in [2.24, 2.45) is 5.41 Å². The molecule has 4 aromatic carbocycles. The van der Waals surface area contributed by atoms with E-state index in [9.17, 15) is 36.9 Å². The van der Waals surface area contributed by atoms with Gasteiger partial charge >= 0.3 is 0 Å². The summed E-state index contributed by atoms with van der Waals surface area (Å²) in [7, 11) is 3.79. The Hall–Kier alpha value is -5.80. The lowest BCUT2D eigenvalue weighted by molar-refractivity contribution is 0.354. The highest BCUT2D eigenvalue weighted by molar-refractivity contribution is 5.89. The van der Waals surface area contributed by atoms with E-state index in [2.05, 4.69) is 0 Å². The highest BCUT2D eigenvalue weighted by Crippen LogP contribution is 2.41. The Balaban J connectivity index is 1.76. The number of allylic oxidation sites excluding steroid dienone is 5. The molecule has 1 aliphatic carbocycles. The number of benzene rings is 4. The summed E-state index contributed by atoms with van der Waals surface area (Å²) in [6.07, 6.45) is 9.53. The highest BCUT2D eigenvalue weighted by atomic mass is 19.2. The molecule has 252 valence electrons. The van der Waals surface area contributed by atoms with Gasteiger partial charge in [0.15, 0.2) is 34.9 Å². The van der Waals surface area contributed by atoms with Crippen LogP contribution < -0.4 is 4.90 Å². The van der Waals surface area contributed by atoms with Crippen LogP contribution in [0.3, 0.4) is 0 Å². The fourth-order valence-corrected chi connectivity index (χ4v) is 5.99. The minimum atomic E-state index is -1.64. The third kappa shape index (κ3) is 7.74. The van der Waals surface area contributed by atoms with Crippen molar-refractivity contribution in [3.63, 3.8) is 0 Å². The van der Waals surface area contributed by atoms with Gasteiger partial charge in [-0.05, 0) is 117 Å². The molecule has 50 heavy (non-hydrogen) atoms. The van der Waals surface area contributed by atoms with E-state index in [1.807, 2.05) is 69.2 Å². The third-order valence-electron chi connectivity index (χ3n) is 8.41. The van der Waals surface area contributed by atoms with E-state index in [0.29, 0.717) is 29.5 Å². The van der Waals surface area contributed by atoms with Crippen LogP contribution in [0, 0.1) is 63.0 Å². The predicted octanol–water partition coefficient (Wildman–Crippen LogP) is 11.2. The first-order valence-electron chi connectivity index (χ1n) is 15.5. The van der Waals surface area contributed by atoms with Crippen LogP contribution in [0.4, 0.5) is 32.0 Å². The number of hydrogen-bond donors (Lipinski definition) is 0. The van der Waals surface area contributed by atoms with Crippen molar-refractivity contribution in [1.82, 2.24) is 0 Å². The Morgan fingerprint density at radius 1 is 0.660 bits per heavy atom. The van der Waals surface area contributed by atoms with E-state index in [0.717, 1.165) is 41.1 Å². The molecule has 0 fully saturated rings. The molecule has 0 aliphatic heterocycles. The molecular formula is C41H31F6N3. The molecule has 0 N–H and O–H groups in total. The van der Waals surface area contributed by atoms with E-state index < -0.39 is 34.9 Å². The van der Waals surface area contributed by atoms with E-state index in [-0.39, 0.29) is 33.2 Å². The molecule has 0 amide bonds. The topological polar surface area (TPSA) is 50.8 Å². The first-order chi connectivity index (χ1) is 23.7. The van der Waals surface area contributed by atoms with Gasteiger partial charge in [-0.25, -0.2) is 26.3 Å². The van der Waals surface area contributed by atoms with Gasteiger partial charge in [0, 0.05) is 19.8 Å². The maximum atomic E-state index is 14.6. The molecule has 0 heterocycles. The van der Waals surface area contributed by atoms with Gasteiger partial charge in [-0.2, -0.15) is 10.5 Å². The molecule has 0 atom stereocenters. The summed E-state index contributed by atoms with van der Waals surface area (Å²) in [4.78, 5) is 1.93. The molecule has 0 radical (unpaired) electrons. The summed E-state index contributed by atoms with van der Waals surface area (Å²) < 4.78 is 86.5. The van der Waals surface area contributed by atoms with Crippen LogP contribution in [-0.2, 0) is 0 Å². The molecule has 9 heteroatoms. The second-order valence-corrected chi connectivity index (χ2v) is 13.0. The van der Waals surface area contributed by atoms with E-state index in [1.165, 1.54) is 0 Å². The molecule has 0 aromatic heterocycles. The van der Waals surface area contributed by atoms with Gasteiger partial charge < -0.3 is 4.90 Å². The van der Waals surface area contributed by atoms with Crippen molar-refractivity contribution in [2.75, 3.05) is 19.0 Å². The SMILES string of the molecule is CN(C)c1ccc(/C=C/c2cc(-c3cc(F)c(F)c(F)c3)c(/C=C/C3=CC(=C(C#N)C#N)CC(C)(C)C3)cc2-c2cc(F)c(F)c(F)c2)cc1. The molecule has 0 unspecified atom stereocenters. The molecule has 0 spiro atoms. The lowest BCUT2D eigenvalue weighted by atomic mass is 9.74. The van der Waals surface area contributed by atoms with Gasteiger partial charge in [0.25, 0.3) is 0 Å². The number of anilines is 1. The van der Waals surface area contributed by atoms with Crippen LogP contribution in [0.15, 0.2) is 89.5 Å². The van der Waals surface area contributed by atoms with Gasteiger partial charge in [0.1, 0.15) is 17.7 Å². The highest BCUT2D eigenvalue weighted by Gasteiger charge is 2.27. The summed E-state index contributed by atoms with van der Waals surface area (Å²) in [6.45, 7) is 3.97. The van der Waals surface area contributed by atoms with Crippen molar-refractivity contribution in [2.45, 2.75) is 26.7 Å². The van der Waals surface area contributed by atoms with Gasteiger partial charge in [0.05, 0.1) is 0 Å². The molecule has 0 bridgehead atoms. The predicted molar refractivity (Wildman–Crippen MR) is 185 cm³/mol. The fraction of sp³-hybridized carbons (Fsp3) is 0.171. The molecule has 4 aromatic rings. The molecule has 1 aliphatic rings. The number of rotatable bonds is 7. The lowest BCUT2D eigenvalue weighted by Crippen LogP contribution is -2.17. The van der Waals surface area contributed by atoms with Crippen molar-refractivity contribution < 1.29 is 26.3 Å². The standard InChI is InChI=1S/C41H31F6N3/c1-41(2)20-25(13-30(21-41)31(22-48)23-49)6-10-27-15-33(28-16-35(42)39(46)36(43)17-28)26(9-5-24-7-11-32(12-8-24)50(3)4)14-34(27)29-18-37(44)40(47)38(45)19-29/h5-19H,20-21H2,1-4H3/b9-5+,10-6+. The fourth-order valence-electron chi connectivity index (χ4n) is 5.99. The Labute approximate surface area is 287 Å². The molecule has 3 nitrogen and oxygen atoms in total. The normalized spacial score (nSPS) is 14.1. The Kier molecular flexibility index (Phi) is 10.2. The minimum absolute atomic E-state index is 0.00223. The number of hydrogen-bond acceptors (Lipinski definition) is 3. The van der Waals surface area contributed by atoms with Crippen LogP contribution in [0.1, 0.15) is 43.4 Å². The Morgan fingerprint density at radius 2 is 1.12 bits per heavy atom. The van der Waals surface area contributed by atoms with E-state index in [1.54, 1.807) is 42.5 Å². The van der Waals surface area contributed by atoms with Gasteiger partial charge in [-0.1, -0.05) is 56.4 Å². The van der Waals surface area contributed by atoms with Crippen molar-refractivity contribution in [3.05, 3.63) is 141 Å². The van der Waals surface area contributed by atoms with Gasteiger partial charge in [-0.15, -0.1) is 0 Å². The maximum absolute atomic E-state index is 14.6. The van der Waals surface area contributed by atoms with Crippen molar-refractivity contribution >= 4 is 23.9 Å².